The second kappa shape index (κ2) is 38.5. The minimum Gasteiger partial charge on any atom is -0.388 e. The van der Waals surface area contributed by atoms with Gasteiger partial charge < -0.3 is 43.6 Å². The maximum atomic E-state index is 6.59. The number of aromatic nitrogens is 9. The van der Waals surface area contributed by atoms with Crippen molar-refractivity contribution in [1.82, 2.24) is 44.9 Å². The molecule has 0 aliphatic carbocycles. The van der Waals surface area contributed by atoms with Crippen LogP contribution in [0.1, 0.15) is 151 Å². The van der Waals surface area contributed by atoms with E-state index in [2.05, 4.69) is 258 Å². The van der Waals surface area contributed by atoms with Crippen molar-refractivity contribution in [3.63, 3.8) is 0 Å². The van der Waals surface area contributed by atoms with E-state index in [0.29, 0.717) is 34.2 Å². The molecule has 4 aromatic heterocycles. The van der Waals surface area contributed by atoms with Crippen molar-refractivity contribution in [2.75, 3.05) is 108 Å². The fourth-order valence-corrected chi connectivity index (χ4v) is 12.1. The molecule has 0 spiro atoms. The molecule has 0 aliphatic heterocycles. The SMILES string of the molecule is CCN(CC)c1ccc(/C=C/c2cc(/C=C/c3ccc(N(CC)CC)cc3)nc(Oc3nc(Oc4nc(/C=C/c5ccc(N(CC)CC)cc5)cc(/C=C/c5ccc(N(CC)CC)cc5)n4)nc(Oc4nc(/C=C/c5ccc(N(CC)CC)cc5)cc(/C=C/c5ccc(N(CC)CC)cc5)n4)n3)n2)cc1. The van der Waals surface area contributed by atoms with E-state index in [-0.39, 0.29) is 36.1 Å². The molecule has 0 unspecified atom stereocenters. The average Bonchev–Trinajstić information content (AvgIpc) is 0.841. The number of hydrogen-bond donors (Lipinski definition) is 0. The maximum absolute atomic E-state index is 6.59. The minimum absolute atomic E-state index is 0.0641. The van der Waals surface area contributed by atoms with Gasteiger partial charge in [0.05, 0.1) is 34.2 Å². The van der Waals surface area contributed by atoms with E-state index >= 15 is 0 Å². The van der Waals surface area contributed by atoms with Crippen LogP contribution in [-0.2, 0) is 0 Å². The monoisotopic (exact) mass is 1400 g/mol. The molecule has 0 aliphatic rings. The predicted molar refractivity (Wildman–Crippen MR) is 440 cm³/mol. The lowest BCUT2D eigenvalue weighted by Crippen LogP contribution is -2.21. The molecule has 0 saturated heterocycles. The van der Waals surface area contributed by atoms with Crippen molar-refractivity contribution < 1.29 is 14.2 Å². The Kier molecular flexibility index (Phi) is 27.8. The first-order chi connectivity index (χ1) is 51.3. The van der Waals surface area contributed by atoms with Crippen LogP contribution in [0.15, 0.2) is 164 Å². The first-order valence-corrected chi connectivity index (χ1v) is 37.0. The molecule has 18 heteroatoms. The van der Waals surface area contributed by atoms with Gasteiger partial charge in [-0.1, -0.05) is 109 Å². The molecule has 10 aromatic rings. The molecule has 6 aromatic carbocycles. The van der Waals surface area contributed by atoms with E-state index in [0.717, 1.165) is 146 Å². The summed E-state index contributed by atoms with van der Waals surface area (Å²) in [7, 11) is 0. The number of hydrogen-bond acceptors (Lipinski definition) is 18. The summed E-state index contributed by atoms with van der Waals surface area (Å²) in [5.74, 6) is 0. The smallest absolute Gasteiger partial charge is 0.333 e. The lowest BCUT2D eigenvalue weighted by atomic mass is 10.1. The molecule has 0 N–H and O–H groups in total. The minimum atomic E-state index is -0.264. The van der Waals surface area contributed by atoms with Crippen LogP contribution in [0.4, 0.5) is 34.1 Å². The summed E-state index contributed by atoms with van der Waals surface area (Å²) < 4.78 is 19.8. The standard InChI is InChI=1S/C87H99N15O3/c1-13-97(14-2)76-49-31-64(32-50-76)25-43-70-61-71(44-26-65-33-51-77(52-34-65)98(15-3)16-4)89-82(88-70)103-85-94-86(104-83-90-72(45-27-66-35-53-78(54-36-66)99(17-5)18-6)62-73(91-83)46-28-67-37-55-79(56-38-67)100(19-7)20-8)96-87(95-85)105-84-92-74(47-29-68-39-57-80(58-40-68)101(21-9)22-10)63-75(93-84)48-30-69-41-59-81(60-42-69)102(23-11)24-12/h25-63H,13-24H2,1-12H3/b43-25+,44-26+,45-27+,46-28+,47-29+,48-30+. The second-order valence-corrected chi connectivity index (χ2v) is 24.6. The lowest BCUT2D eigenvalue weighted by molar-refractivity contribution is 0.335. The van der Waals surface area contributed by atoms with Crippen LogP contribution >= 0.6 is 0 Å². The van der Waals surface area contributed by atoms with Crippen molar-refractivity contribution in [3.05, 3.63) is 231 Å². The summed E-state index contributed by atoms with van der Waals surface area (Å²) in [6.45, 7) is 36.8. The Morgan fingerprint density at radius 2 is 0.324 bits per heavy atom. The van der Waals surface area contributed by atoms with Gasteiger partial charge in [-0.25, -0.2) is 0 Å². The molecular weight excluding hydrogens is 1300 g/mol. The van der Waals surface area contributed by atoms with Crippen LogP contribution in [0.25, 0.3) is 72.9 Å². The molecule has 105 heavy (non-hydrogen) atoms. The van der Waals surface area contributed by atoms with Crippen LogP contribution in [0, 0.1) is 0 Å². The Labute approximate surface area is 621 Å². The molecule has 18 nitrogen and oxygen atoms in total. The van der Waals surface area contributed by atoms with E-state index in [1.165, 1.54) is 0 Å². The fraction of sp³-hybridized carbons (Fsp3) is 0.276. The van der Waals surface area contributed by atoms with Crippen LogP contribution in [0.3, 0.4) is 0 Å². The van der Waals surface area contributed by atoms with Crippen molar-refractivity contribution in [2.24, 2.45) is 0 Å². The van der Waals surface area contributed by atoms with Gasteiger partial charge >= 0.3 is 36.1 Å². The van der Waals surface area contributed by atoms with E-state index in [9.17, 15) is 0 Å². The maximum Gasteiger partial charge on any atom is 0.333 e. The van der Waals surface area contributed by atoms with Crippen molar-refractivity contribution in [3.8, 4) is 36.1 Å². The van der Waals surface area contributed by atoms with E-state index in [1.807, 2.05) is 91.1 Å². The summed E-state index contributed by atoms with van der Waals surface area (Å²) >= 11 is 0. The Hall–Kier alpha value is -11.8. The molecule has 4 heterocycles. The summed E-state index contributed by atoms with van der Waals surface area (Å²) in [5.41, 5.74) is 16.2. The Balaban J connectivity index is 1.08. The normalized spacial score (nSPS) is 11.7. The molecule has 0 saturated carbocycles. The van der Waals surface area contributed by atoms with Crippen LogP contribution in [-0.4, -0.2) is 123 Å². The largest absolute Gasteiger partial charge is 0.388 e. The molecule has 0 amide bonds. The first-order valence-electron chi connectivity index (χ1n) is 37.0. The summed E-state index contributed by atoms with van der Waals surface area (Å²) in [6.07, 6.45) is 23.6. The Morgan fingerprint density at radius 3 is 0.457 bits per heavy atom. The van der Waals surface area contributed by atoms with E-state index in [1.54, 1.807) is 0 Å². The van der Waals surface area contributed by atoms with Crippen LogP contribution in [0.5, 0.6) is 36.1 Å². The summed E-state index contributed by atoms with van der Waals surface area (Å²) in [6, 6.07) is 55.4. The third-order valence-corrected chi connectivity index (χ3v) is 18.2. The van der Waals surface area contributed by atoms with Crippen molar-refractivity contribution in [1.29, 1.82) is 0 Å². The second-order valence-electron chi connectivity index (χ2n) is 24.6. The van der Waals surface area contributed by atoms with Crippen molar-refractivity contribution >= 4 is 107 Å². The van der Waals surface area contributed by atoms with Crippen LogP contribution in [0.2, 0.25) is 0 Å². The number of nitrogens with zero attached hydrogens (tertiary/aromatic N) is 15. The lowest BCUT2D eigenvalue weighted by Gasteiger charge is -2.20. The Bertz CT molecular complexity index is 3830. The quantitative estimate of drug-likeness (QED) is 0.0364. The third kappa shape index (κ3) is 21.6. The number of anilines is 6. The van der Waals surface area contributed by atoms with Gasteiger partial charge in [0.2, 0.25) is 0 Å². The van der Waals surface area contributed by atoms with Gasteiger partial charge in [0.1, 0.15) is 0 Å². The summed E-state index contributed by atoms with van der Waals surface area (Å²) in [5, 5.41) is 0. The van der Waals surface area contributed by atoms with Gasteiger partial charge in [0.15, 0.2) is 0 Å². The number of ether oxygens (including phenoxy) is 3. The fourth-order valence-electron chi connectivity index (χ4n) is 12.1. The molecule has 0 fully saturated rings. The van der Waals surface area contributed by atoms with Crippen molar-refractivity contribution in [2.45, 2.75) is 83.1 Å². The molecule has 10 rings (SSSR count). The molecular formula is C87H99N15O3. The zero-order valence-electron chi connectivity index (χ0n) is 62.9. The Morgan fingerprint density at radius 1 is 0.190 bits per heavy atom. The molecule has 540 valence electrons. The highest BCUT2D eigenvalue weighted by Gasteiger charge is 2.19. The number of rotatable bonds is 36. The van der Waals surface area contributed by atoms with Gasteiger partial charge in [0, 0.05) is 113 Å². The molecule has 0 bridgehead atoms. The van der Waals surface area contributed by atoms with Crippen LogP contribution < -0.4 is 43.6 Å². The van der Waals surface area contributed by atoms with Gasteiger partial charge in [-0.2, -0.15) is 29.9 Å². The zero-order chi connectivity index (χ0) is 73.9. The molecule has 0 atom stereocenters. The van der Waals surface area contributed by atoms with Gasteiger partial charge in [-0.15, -0.1) is 15.0 Å². The van der Waals surface area contributed by atoms with E-state index in [4.69, 9.17) is 59.1 Å². The van der Waals surface area contributed by atoms with Gasteiger partial charge in [-0.05, 0) is 244 Å². The summed E-state index contributed by atoms with van der Waals surface area (Å²) in [4.78, 5) is 57.7. The average molecular weight is 1400 g/mol. The predicted octanol–water partition coefficient (Wildman–Crippen LogP) is 19.7. The number of benzene rings is 6. The highest BCUT2D eigenvalue weighted by molar-refractivity contribution is 5.77. The topological polar surface area (TPSA) is 163 Å². The zero-order valence-corrected chi connectivity index (χ0v) is 62.9. The van der Waals surface area contributed by atoms with E-state index < -0.39 is 0 Å². The highest BCUT2D eigenvalue weighted by Crippen LogP contribution is 2.29. The van der Waals surface area contributed by atoms with Gasteiger partial charge in [0.25, 0.3) is 0 Å². The third-order valence-electron chi connectivity index (χ3n) is 18.2. The highest BCUT2D eigenvalue weighted by atomic mass is 16.5. The van der Waals surface area contributed by atoms with Gasteiger partial charge in [-0.3, -0.25) is 0 Å². The molecule has 0 radical (unpaired) electrons. The first kappa shape index (κ1) is 75.9.